The molecule has 1 aliphatic rings. The zero-order valence-electron chi connectivity index (χ0n) is 20.1. The Balaban J connectivity index is 1.99. The topological polar surface area (TPSA) is 113 Å². The van der Waals surface area contributed by atoms with Crippen molar-refractivity contribution in [3.05, 3.63) is 29.8 Å². The second-order valence-corrected chi connectivity index (χ2v) is 9.30. The van der Waals surface area contributed by atoms with Gasteiger partial charge in [0.15, 0.2) is 0 Å². The molecule has 8 heteroatoms. The van der Waals surface area contributed by atoms with Crippen molar-refractivity contribution in [1.29, 1.82) is 0 Å². The van der Waals surface area contributed by atoms with Crippen molar-refractivity contribution in [2.24, 2.45) is 5.92 Å². The molecule has 2 unspecified atom stereocenters. The Kier molecular flexibility index (Phi) is 9.58. The van der Waals surface area contributed by atoms with Crippen LogP contribution in [0.25, 0.3) is 0 Å². The first kappa shape index (κ1) is 26.5. The first-order chi connectivity index (χ1) is 15.6. The largest absolute Gasteiger partial charge is 0.480 e. The number of ether oxygens (including phenoxy) is 1. The molecule has 182 valence electrons. The molecule has 0 bridgehead atoms. The third-order valence-electron chi connectivity index (χ3n) is 6.41. The fraction of sp³-hybridized carbons (Fsp3) is 0.600. The van der Waals surface area contributed by atoms with Crippen LogP contribution in [0.2, 0.25) is 0 Å². The van der Waals surface area contributed by atoms with Crippen LogP contribution in [0, 0.1) is 5.92 Å². The molecule has 0 aromatic heterocycles. The highest BCUT2D eigenvalue weighted by Gasteiger charge is 2.33. The molecule has 33 heavy (non-hydrogen) atoms. The number of benzene rings is 1. The fourth-order valence-corrected chi connectivity index (χ4v) is 4.39. The number of ketones is 1. The zero-order chi connectivity index (χ0) is 24.6. The number of carboxylic acids is 1. The lowest BCUT2D eigenvalue weighted by Crippen LogP contribution is -2.44. The number of rotatable bonds is 10. The molecular weight excluding hydrogens is 424 g/mol. The summed E-state index contributed by atoms with van der Waals surface area (Å²) in [5, 5.41) is 11.5. The van der Waals surface area contributed by atoms with E-state index in [9.17, 15) is 19.2 Å². The number of esters is 1. The lowest BCUT2D eigenvalue weighted by atomic mass is 9.74. The van der Waals surface area contributed by atoms with Gasteiger partial charge < -0.3 is 20.1 Å². The number of hydrogen-bond acceptors (Lipinski definition) is 6. The molecule has 0 spiro atoms. The number of amides is 1. The fourth-order valence-electron chi connectivity index (χ4n) is 4.39. The number of carbonyl (C=O) groups excluding carboxylic acids is 3. The van der Waals surface area contributed by atoms with Gasteiger partial charge >= 0.3 is 11.9 Å². The predicted molar refractivity (Wildman–Crippen MR) is 124 cm³/mol. The van der Waals surface area contributed by atoms with E-state index >= 15 is 0 Å². The van der Waals surface area contributed by atoms with Crippen molar-refractivity contribution in [3.63, 3.8) is 0 Å². The minimum absolute atomic E-state index is 0.0349. The van der Waals surface area contributed by atoms with Crippen LogP contribution in [-0.2, 0) is 24.6 Å². The van der Waals surface area contributed by atoms with Crippen LogP contribution in [0.3, 0.4) is 0 Å². The second kappa shape index (κ2) is 11.9. The molecule has 1 aromatic carbocycles. The Bertz CT molecular complexity index is 868. The normalized spacial score (nSPS) is 20.0. The standard InChI is InChI=1S/C25H36N2O6/c1-5-25(13-6-7-14-27(4)16-25)18-9-8-10-19(15-18)33-24(32)20(28)11-12-21(29)26-22(17(2)3)23(30)31/h8-10,15,17,22H,5-7,11-14,16H2,1-4H3,(H,26,29)(H,30,31). The number of Topliss-reactive ketones (excluding diaryl/α,β-unsaturated/α-hetero) is 1. The Morgan fingerprint density at radius 1 is 1.18 bits per heavy atom. The molecule has 1 aromatic rings. The number of likely N-dealkylation sites (N-methyl/N-ethyl adjacent to an activating group) is 1. The average molecular weight is 461 g/mol. The highest BCUT2D eigenvalue weighted by molar-refractivity contribution is 6.34. The van der Waals surface area contributed by atoms with Crippen molar-refractivity contribution in [2.45, 2.75) is 70.8 Å². The van der Waals surface area contributed by atoms with Gasteiger partial charge in [0.1, 0.15) is 11.8 Å². The van der Waals surface area contributed by atoms with Gasteiger partial charge in [0, 0.05) is 24.8 Å². The Hall–Kier alpha value is -2.74. The smallest absolute Gasteiger partial charge is 0.379 e. The Labute approximate surface area is 195 Å². The van der Waals surface area contributed by atoms with E-state index < -0.39 is 29.7 Å². The average Bonchev–Trinajstić information content (AvgIpc) is 2.97. The maximum Gasteiger partial charge on any atom is 0.379 e. The summed E-state index contributed by atoms with van der Waals surface area (Å²) in [6.45, 7) is 7.49. The van der Waals surface area contributed by atoms with Gasteiger partial charge in [0.25, 0.3) is 0 Å². The maximum atomic E-state index is 12.3. The molecule has 0 saturated carbocycles. The molecule has 2 atom stereocenters. The molecule has 2 rings (SSSR count). The van der Waals surface area contributed by atoms with Gasteiger partial charge in [0.2, 0.25) is 11.7 Å². The zero-order valence-corrected chi connectivity index (χ0v) is 20.1. The van der Waals surface area contributed by atoms with E-state index in [1.165, 1.54) is 0 Å². The number of aliphatic carboxylic acids is 1. The molecule has 1 amide bonds. The van der Waals surface area contributed by atoms with Crippen LogP contribution in [-0.4, -0.2) is 59.8 Å². The van der Waals surface area contributed by atoms with Gasteiger partial charge in [-0.05, 0) is 56.5 Å². The van der Waals surface area contributed by atoms with Gasteiger partial charge in [-0.25, -0.2) is 9.59 Å². The third-order valence-corrected chi connectivity index (χ3v) is 6.41. The molecule has 1 fully saturated rings. The predicted octanol–water partition coefficient (Wildman–Crippen LogP) is 2.93. The highest BCUT2D eigenvalue weighted by Crippen LogP contribution is 2.37. The molecule has 1 aliphatic heterocycles. The first-order valence-electron chi connectivity index (χ1n) is 11.6. The lowest BCUT2D eigenvalue weighted by Gasteiger charge is -2.35. The van der Waals surface area contributed by atoms with Gasteiger partial charge in [-0.2, -0.15) is 0 Å². The summed E-state index contributed by atoms with van der Waals surface area (Å²) in [4.78, 5) is 50.1. The number of hydrogen-bond donors (Lipinski definition) is 2. The SMILES string of the molecule is CCC1(c2cccc(OC(=O)C(=O)CCC(=O)NC(C(=O)O)C(C)C)c2)CCCCN(C)C1. The van der Waals surface area contributed by atoms with Gasteiger partial charge in [-0.15, -0.1) is 0 Å². The van der Waals surface area contributed by atoms with Crippen LogP contribution in [0.1, 0.15) is 64.9 Å². The monoisotopic (exact) mass is 460 g/mol. The summed E-state index contributed by atoms with van der Waals surface area (Å²) in [6, 6.07) is 6.30. The van der Waals surface area contributed by atoms with Crippen LogP contribution >= 0.6 is 0 Å². The molecule has 1 saturated heterocycles. The first-order valence-corrected chi connectivity index (χ1v) is 11.6. The van der Waals surface area contributed by atoms with Crippen molar-refractivity contribution < 1.29 is 29.0 Å². The van der Waals surface area contributed by atoms with Crippen molar-refractivity contribution in [1.82, 2.24) is 10.2 Å². The number of nitrogens with zero attached hydrogens (tertiary/aromatic N) is 1. The van der Waals surface area contributed by atoms with Crippen LogP contribution < -0.4 is 10.1 Å². The maximum absolute atomic E-state index is 12.3. The number of carbonyl (C=O) groups is 4. The van der Waals surface area contributed by atoms with Crippen molar-refractivity contribution >= 4 is 23.6 Å². The second-order valence-electron chi connectivity index (χ2n) is 9.30. The van der Waals surface area contributed by atoms with Crippen molar-refractivity contribution in [3.8, 4) is 5.75 Å². The summed E-state index contributed by atoms with van der Waals surface area (Å²) in [6.07, 6.45) is 3.65. The van der Waals surface area contributed by atoms with Crippen LogP contribution in [0.5, 0.6) is 5.75 Å². The van der Waals surface area contributed by atoms with E-state index in [2.05, 4.69) is 24.2 Å². The number of carboxylic acid groups (broad SMARTS) is 1. The van der Waals surface area contributed by atoms with E-state index in [-0.39, 0.29) is 24.2 Å². The van der Waals surface area contributed by atoms with E-state index in [4.69, 9.17) is 9.84 Å². The number of nitrogens with one attached hydrogen (secondary N) is 1. The molecular formula is C25H36N2O6. The minimum Gasteiger partial charge on any atom is -0.480 e. The van der Waals surface area contributed by atoms with Crippen LogP contribution in [0.15, 0.2) is 24.3 Å². The minimum atomic E-state index is -1.14. The summed E-state index contributed by atoms with van der Waals surface area (Å²) < 4.78 is 5.32. The van der Waals surface area contributed by atoms with Gasteiger partial charge in [-0.1, -0.05) is 39.3 Å². The highest BCUT2D eigenvalue weighted by atomic mass is 16.5. The Morgan fingerprint density at radius 3 is 2.55 bits per heavy atom. The lowest BCUT2D eigenvalue weighted by molar-refractivity contribution is -0.147. The Morgan fingerprint density at radius 2 is 1.91 bits per heavy atom. The van der Waals surface area contributed by atoms with Gasteiger partial charge in [0.05, 0.1) is 0 Å². The van der Waals surface area contributed by atoms with Crippen LogP contribution in [0.4, 0.5) is 0 Å². The molecule has 0 aliphatic carbocycles. The van der Waals surface area contributed by atoms with Crippen molar-refractivity contribution in [2.75, 3.05) is 20.1 Å². The quantitative estimate of drug-likeness (QED) is 0.314. The molecule has 0 radical (unpaired) electrons. The van der Waals surface area contributed by atoms with E-state index in [0.717, 1.165) is 44.3 Å². The van der Waals surface area contributed by atoms with E-state index in [1.807, 2.05) is 18.2 Å². The summed E-state index contributed by atoms with van der Waals surface area (Å²) in [5.74, 6) is -3.59. The molecule has 1 heterocycles. The summed E-state index contributed by atoms with van der Waals surface area (Å²) in [7, 11) is 2.12. The van der Waals surface area contributed by atoms with E-state index in [0.29, 0.717) is 5.75 Å². The molecule has 8 nitrogen and oxygen atoms in total. The molecule has 2 N–H and O–H groups in total. The summed E-state index contributed by atoms with van der Waals surface area (Å²) >= 11 is 0. The van der Waals surface area contributed by atoms with Gasteiger partial charge in [-0.3, -0.25) is 9.59 Å². The third kappa shape index (κ3) is 7.39. The summed E-state index contributed by atoms with van der Waals surface area (Å²) in [5.41, 5.74) is 1.05. The van der Waals surface area contributed by atoms with E-state index in [1.54, 1.807) is 19.9 Å². The number of likely N-dealkylation sites (tertiary alicyclic amines) is 1.